The first-order chi connectivity index (χ1) is 13.4. The second kappa shape index (κ2) is 8.86. The second-order valence-corrected chi connectivity index (χ2v) is 8.78. The number of carbonyl (C=O) groups is 1. The summed E-state index contributed by atoms with van der Waals surface area (Å²) in [5, 5.41) is 0. The molecule has 0 spiro atoms. The first-order valence-corrected chi connectivity index (χ1v) is 11.0. The number of hydrogen-bond acceptors (Lipinski definition) is 4. The van der Waals surface area contributed by atoms with E-state index in [9.17, 15) is 13.2 Å². The van der Waals surface area contributed by atoms with Crippen LogP contribution < -0.4 is 4.72 Å². The molecule has 1 amide bonds. The molecule has 0 saturated carbocycles. The van der Waals surface area contributed by atoms with Gasteiger partial charge in [0, 0.05) is 38.3 Å². The minimum Gasteiger partial charge on any atom is -0.336 e. The number of rotatable bonds is 6. The molecule has 6 nitrogen and oxygen atoms in total. The molecular formula is C21H27N3O3S. The Morgan fingerprint density at radius 3 is 2.36 bits per heavy atom. The Bertz CT molecular complexity index is 921. The average Bonchev–Trinajstić information content (AvgIpc) is 2.73. The van der Waals surface area contributed by atoms with Gasteiger partial charge in [-0.15, -0.1) is 0 Å². The maximum Gasteiger partial charge on any atom is 0.254 e. The van der Waals surface area contributed by atoms with E-state index in [1.165, 1.54) is 6.07 Å². The standard InChI is InChI=1S/C21H27N3O3S/c1-3-23-11-13-24(14-12-23)21(25)20-15-19(10-9-17(20)2)28(26,27)22-16-18-7-5-4-6-8-18/h4-10,15,22H,3,11-14,16H2,1-2H3. The van der Waals surface area contributed by atoms with Crippen LogP contribution in [0.4, 0.5) is 0 Å². The topological polar surface area (TPSA) is 69.7 Å². The van der Waals surface area contributed by atoms with Crippen molar-refractivity contribution in [3.63, 3.8) is 0 Å². The average molecular weight is 402 g/mol. The van der Waals surface area contributed by atoms with E-state index in [4.69, 9.17) is 0 Å². The monoisotopic (exact) mass is 401 g/mol. The minimum absolute atomic E-state index is 0.103. The zero-order valence-corrected chi connectivity index (χ0v) is 17.2. The molecule has 1 fully saturated rings. The predicted molar refractivity (Wildman–Crippen MR) is 110 cm³/mol. The van der Waals surface area contributed by atoms with E-state index in [0.29, 0.717) is 18.7 Å². The summed E-state index contributed by atoms with van der Waals surface area (Å²) in [6, 6.07) is 14.1. The fraction of sp³-hybridized carbons (Fsp3) is 0.381. The molecule has 1 heterocycles. The van der Waals surface area contributed by atoms with Crippen LogP contribution in [0, 0.1) is 6.92 Å². The Balaban J connectivity index is 1.76. The lowest BCUT2D eigenvalue weighted by atomic mass is 10.1. The van der Waals surface area contributed by atoms with Crippen LogP contribution in [0.3, 0.4) is 0 Å². The van der Waals surface area contributed by atoms with Crippen LogP contribution in [-0.4, -0.2) is 56.8 Å². The van der Waals surface area contributed by atoms with Crippen LogP contribution in [0.25, 0.3) is 0 Å². The summed E-state index contributed by atoms with van der Waals surface area (Å²) in [4.78, 5) is 17.2. The first-order valence-electron chi connectivity index (χ1n) is 9.56. The van der Waals surface area contributed by atoms with Crippen LogP contribution in [0.1, 0.15) is 28.4 Å². The highest BCUT2D eigenvalue weighted by molar-refractivity contribution is 7.89. The molecule has 2 aromatic carbocycles. The zero-order valence-electron chi connectivity index (χ0n) is 16.4. The van der Waals surface area contributed by atoms with Gasteiger partial charge in [-0.2, -0.15) is 0 Å². The fourth-order valence-electron chi connectivity index (χ4n) is 3.29. The Morgan fingerprint density at radius 1 is 1.04 bits per heavy atom. The van der Waals surface area contributed by atoms with Gasteiger partial charge in [-0.3, -0.25) is 4.79 Å². The Hall–Kier alpha value is -2.22. The van der Waals surface area contributed by atoms with E-state index in [1.807, 2.05) is 42.2 Å². The number of sulfonamides is 1. The van der Waals surface area contributed by atoms with Crippen LogP contribution in [0.15, 0.2) is 53.4 Å². The van der Waals surface area contributed by atoms with Crippen molar-refractivity contribution >= 4 is 15.9 Å². The molecule has 2 aromatic rings. The number of nitrogens with one attached hydrogen (secondary N) is 1. The van der Waals surface area contributed by atoms with Gasteiger partial charge in [0.1, 0.15) is 0 Å². The maximum absolute atomic E-state index is 13.0. The minimum atomic E-state index is -3.70. The largest absolute Gasteiger partial charge is 0.336 e. The van der Waals surface area contributed by atoms with E-state index in [1.54, 1.807) is 12.1 Å². The molecule has 1 aliphatic heterocycles. The van der Waals surface area contributed by atoms with Gasteiger partial charge in [-0.1, -0.05) is 43.3 Å². The van der Waals surface area contributed by atoms with Gasteiger partial charge in [0.2, 0.25) is 10.0 Å². The molecule has 0 radical (unpaired) electrons. The number of nitrogens with zero attached hydrogens (tertiary/aromatic N) is 2. The molecule has 1 N–H and O–H groups in total. The van der Waals surface area contributed by atoms with Gasteiger partial charge in [-0.05, 0) is 36.7 Å². The summed E-state index contributed by atoms with van der Waals surface area (Å²) in [6.45, 7) is 8.14. The maximum atomic E-state index is 13.0. The Labute approximate surface area is 167 Å². The van der Waals surface area contributed by atoms with E-state index >= 15 is 0 Å². The van der Waals surface area contributed by atoms with E-state index in [-0.39, 0.29) is 17.3 Å². The summed E-state index contributed by atoms with van der Waals surface area (Å²) in [7, 11) is -3.70. The molecule has 28 heavy (non-hydrogen) atoms. The van der Waals surface area contributed by atoms with Gasteiger partial charge in [0.05, 0.1) is 4.90 Å². The highest BCUT2D eigenvalue weighted by Crippen LogP contribution is 2.19. The molecule has 150 valence electrons. The summed E-state index contributed by atoms with van der Waals surface area (Å²) in [5.74, 6) is -0.103. The number of piperazine rings is 1. The van der Waals surface area contributed by atoms with Crippen LogP contribution >= 0.6 is 0 Å². The lowest BCUT2D eigenvalue weighted by Crippen LogP contribution is -2.48. The van der Waals surface area contributed by atoms with Gasteiger partial charge >= 0.3 is 0 Å². The van der Waals surface area contributed by atoms with E-state index in [2.05, 4.69) is 16.5 Å². The fourth-order valence-corrected chi connectivity index (χ4v) is 4.34. The SMILES string of the molecule is CCN1CCN(C(=O)c2cc(S(=O)(=O)NCc3ccccc3)ccc2C)CC1. The first kappa shape index (κ1) is 20.5. The van der Waals surface area contributed by atoms with E-state index in [0.717, 1.165) is 30.8 Å². The quantitative estimate of drug-likeness (QED) is 0.806. The Morgan fingerprint density at radius 2 is 1.71 bits per heavy atom. The van der Waals surface area contributed by atoms with Crippen LogP contribution in [0.5, 0.6) is 0 Å². The van der Waals surface area contributed by atoms with Crippen LogP contribution in [0.2, 0.25) is 0 Å². The summed E-state index contributed by atoms with van der Waals surface area (Å²) in [5.41, 5.74) is 2.11. The third-order valence-electron chi connectivity index (χ3n) is 5.17. The molecule has 7 heteroatoms. The van der Waals surface area contributed by atoms with Crippen molar-refractivity contribution in [2.75, 3.05) is 32.7 Å². The second-order valence-electron chi connectivity index (χ2n) is 7.01. The van der Waals surface area contributed by atoms with Gasteiger partial charge in [0.25, 0.3) is 5.91 Å². The summed E-state index contributed by atoms with van der Waals surface area (Å²) in [6.07, 6.45) is 0. The van der Waals surface area contributed by atoms with Crippen molar-refractivity contribution in [2.45, 2.75) is 25.3 Å². The normalized spacial score (nSPS) is 15.6. The van der Waals surface area contributed by atoms with Gasteiger partial charge in [0.15, 0.2) is 0 Å². The Kier molecular flexibility index (Phi) is 6.49. The van der Waals surface area contributed by atoms with Crippen molar-refractivity contribution in [1.82, 2.24) is 14.5 Å². The molecule has 3 rings (SSSR count). The van der Waals surface area contributed by atoms with Crippen molar-refractivity contribution in [2.24, 2.45) is 0 Å². The molecule has 1 saturated heterocycles. The smallest absolute Gasteiger partial charge is 0.254 e. The predicted octanol–water partition coefficient (Wildman–Crippen LogP) is 2.25. The molecule has 1 aliphatic rings. The molecule has 0 unspecified atom stereocenters. The number of benzene rings is 2. The van der Waals surface area contributed by atoms with Crippen LogP contribution in [-0.2, 0) is 16.6 Å². The molecule has 0 aromatic heterocycles. The highest BCUT2D eigenvalue weighted by atomic mass is 32.2. The van der Waals surface area contributed by atoms with Crippen molar-refractivity contribution in [3.8, 4) is 0 Å². The highest BCUT2D eigenvalue weighted by Gasteiger charge is 2.24. The lowest BCUT2D eigenvalue weighted by Gasteiger charge is -2.34. The number of carbonyl (C=O) groups excluding carboxylic acids is 1. The number of amides is 1. The third-order valence-corrected chi connectivity index (χ3v) is 6.56. The zero-order chi connectivity index (χ0) is 20.1. The molecule has 0 bridgehead atoms. The lowest BCUT2D eigenvalue weighted by molar-refractivity contribution is 0.0642. The summed E-state index contributed by atoms with van der Waals surface area (Å²) < 4.78 is 28.0. The number of likely N-dealkylation sites (N-methyl/N-ethyl adjacent to an activating group) is 1. The number of aryl methyl sites for hydroxylation is 1. The van der Waals surface area contributed by atoms with Crippen molar-refractivity contribution < 1.29 is 13.2 Å². The summed E-state index contributed by atoms with van der Waals surface area (Å²) >= 11 is 0. The molecule has 0 aliphatic carbocycles. The molecule has 0 atom stereocenters. The van der Waals surface area contributed by atoms with Gasteiger partial charge < -0.3 is 9.80 Å². The van der Waals surface area contributed by atoms with Gasteiger partial charge in [-0.25, -0.2) is 13.1 Å². The van der Waals surface area contributed by atoms with Crippen molar-refractivity contribution in [3.05, 3.63) is 65.2 Å². The van der Waals surface area contributed by atoms with Crippen molar-refractivity contribution in [1.29, 1.82) is 0 Å². The third kappa shape index (κ3) is 4.79. The number of hydrogen-bond donors (Lipinski definition) is 1. The molecular weight excluding hydrogens is 374 g/mol. The van der Waals surface area contributed by atoms with E-state index < -0.39 is 10.0 Å².